The van der Waals surface area contributed by atoms with E-state index in [0.717, 1.165) is 18.5 Å². The Morgan fingerprint density at radius 2 is 2.18 bits per heavy atom. The molecule has 5 heteroatoms. The molecule has 0 spiro atoms. The van der Waals surface area contributed by atoms with Gasteiger partial charge in [0, 0.05) is 12.1 Å². The molecule has 1 aromatic heterocycles. The minimum absolute atomic E-state index is 0.120. The maximum atomic E-state index is 10.4. The third-order valence-electron chi connectivity index (χ3n) is 2.80. The van der Waals surface area contributed by atoms with E-state index in [2.05, 4.69) is 31.1 Å². The fourth-order valence-corrected chi connectivity index (χ4v) is 1.69. The molecule has 5 nitrogen and oxygen atoms in total. The summed E-state index contributed by atoms with van der Waals surface area (Å²) in [6, 6.07) is 3.45. The Labute approximate surface area is 101 Å². The van der Waals surface area contributed by atoms with Crippen LogP contribution in [0.5, 0.6) is 0 Å². The Bertz CT molecular complexity index is 365. The van der Waals surface area contributed by atoms with E-state index in [1.54, 1.807) is 6.07 Å². The average Bonchev–Trinajstić information content (AvgIpc) is 2.29. The molecule has 0 aromatic carbocycles. The third-order valence-corrected chi connectivity index (χ3v) is 2.80. The highest BCUT2D eigenvalue weighted by molar-refractivity contribution is 5.44. The van der Waals surface area contributed by atoms with Crippen LogP contribution in [-0.4, -0.2) is 15.9 Å². The second-order valence-corrected chi connectivity index (χ2v) is 4.46. The minimum Gasteiger partial charge on any atom is -0.380 e. The number of rotatable bonds is 6. The molecule has 1 N–H and O–H groups in total. The zero-order valence-corrected chi connectivity index (χ0v) is 10.5. The van der Waals surface area contributed by atoms with Crippen LogP contribution >= 0.6 is 0 Å². The Hall–Kier alpha value is -1.65. The highest BCUT2D eigenvalue weighted by atomic mass is 16.6. The zero-order chi connectivity index (χ0) is 12.8. The molecular weight excluding hydrogens is 218 g/mol. The molecule has 0 saturated carbocycles. The van der Waals surface area contributed by atoms with Crippen LogP contribution in [0, 0.1) is 16.0 Å². The monoisotopic (exact) mass is 237 g/mol. The highest BCUT2D eigenvalue weighted by Crippen LogP contribution is 2.16. The number of nitrogens with one attached hydrogen (secondary N) is 1. The fraction of sp³-hybridized carbons (Fsp3) is 0.583. The molecule has 0 aliphatic carbocycles. The predicted molar refractivity (Wildman–Crippen MR) is 68.0 cm³/mol. The van der Waals surface area contributed by atoms with Crippen LogP contribution in [0.2, 0.25) is 0 Å². The van der Waals surface area contributed by atoms with E-state index in [4.69, 9.17) is 0 Å². The first-order valence-corrected chi connectivity index (χ1v) is 5.90. The first kappa shape index (κ1) is 13.4. The van der Waals surface area contributed by atoms with Crippen molar-refractivity contribution in [2.45, 2.75) is 39.7 Å². The van der Waals surface area contributed by atoms with Gasteiger partial charge in [-0.2, -0.15) is 0 Å². The van der Waals surface area contributed by atoms with E-state index < -0.39 is 4.92 Å². The van der Waals surface area contributed by atoms with E-state index in [1.807, 2.05) is 0 Å². The normalized spacial score (nSPS) is 14.1. The molecular formula is C12H19N3O2. The lowest BCUT2D eigenvalue weighted by atomic mass is 10.0. The van der Waals surface area contributed by atoms with E-state index in [1.165, 1.54) is 12.3 Å². The van der Waals surface area contributed by atoms with Gasteiger partial charge in [0.1, 0.15) is 0 Å². The number of pyridine rings is 1. The Balaban J connectivity index is 2.54. The number of hydrogen-bond acceptors (Lipinski definition) is 4. The molecule has 0 amide bonds. The molecule has 94 valence electrons. The van der Waals surface area contributed by atoms with Gasteiger partial charge in [-0.1, -0.05) is 20.3 Å². The van der Waals surface area contributed by atoms with Gasteiger partial charge < -0.3 is 15.4 Å². The predicted octanol–water partition coefficient (Wildman–Crippen LogP) is 3.23. The first-order chi connectivity index (χ1) is 8.02. The summed E-state index contributed by atoms with van der Waals surface area (Å²) in [5, 5.41) is 13.7. The molecule has 2 unspecified atom stereocenters. The topological polar surface area (TPSA) is 68.1 Å². The number of nitrogens with zero attached hydrogens (tertiary/aromatic N) is 2. The molecule has 0 radical (unpaired) electrons. The zero-order valence-electron chi connectivity index (χ0n) is 10.5. The molecule has 0 aliphatic heterocycles. The van der Waals surface area contributed by atoms with Crippen molar-refractivity contribution in [3.63, 3.8) is 0 Å². The lowest BCUT2D eigenvalue weighted by Gasteiger charge is -2.17. The Morgan fingerprint density at radius 3 is 2.65 bits per heavy atom. The van der Waals surface area contributed by atoms with Crippen LogP contribution in [0.3, 0.4) is 0 Å². The summed E-state index contributed by atoms with van der Waals surface area (Å²) in [7, 11) is 0. The van der Waals surface area contributed by atoms with Crippen LogP contribution in [-0.2, 0) is 0 Å². The second-order valence-electron chi connectivity index (χ2n) is 4.46. The van der Waals surface area contributed by atoms with Gasteiger partial charge in [-0.3, -0.25) is 0 Å². The summed E-state index contributed by atoms with van der Waals surface area (Å²) in [5.74, 6) is 0.550. The third kappa shape index (κ3) is 4.38. The average molecular weight is 237 g/mol. The van der Waals surface area contributed by atoms with Crippen LogP contribution in [0.15, 0.2) is 18.3 Å². The molecule has 1 aromatic rings. The van der Waals surface area contributed by atoms with E-state index in [-0.39, 0.29) is 5.82 Å². The van der Waals surface area contributed by atoms with E-state index >= 15 is 0 Å². The van der Waals surface area contributed by atoms with Crippen LogP contribution in [0.4, 0.5) is 11.5 Å². The van der Waals surface area contributed by atoms with Gasteiger partial charge >= 0.3 is 5.82 Å². The summed E-state index contributed by atoms with van der Waals surface area (Å²) >= 11 is 0. The van der Waals surface area contributed by atoms with Crippen LogP contribution in [0.25, 0.3) is 0 Å². The second kappa shape index (κ2) is 6.18. The minimum atomic E-state index is -0.494. The Kier molecular flexibility index (Phi) is 4.87. The van der Waals surface area contributed by atoms with Gasteiger partial charge in [0.2, 0.25) is 0 Å². The lowest BCUT2D eigenvalue weighted by Crippen LogP contribution is -2.18. The van der Waals surface area contributed by atoms with Gasteiger partial charge in [0.15, 0.2) is 6.20 Å². The number of hydrogen-bond donors (Lipinski definition) is 1. The van der Waals surface area contributed by atoms with Crippen molar-refractivity contribution in [3.8, 4) is 0 Å². The van der Waals surface area contributed by atoms with E-state index in [0.29, 0.717) is 12.0 Å². The Morgan fingerprint density at radius 1 is 1.47 bits per heavy atom. The molecule has 17 heavy (non-hydrogen) atoms. The molecule has 0 aliphatic rings. The summed E-state index contributed by atoms with van der Waals surface area (Å²) in [6.45, 7) is 6.49. The van der Waals surface area contributed by atoms with Crippen LogP contribution < -0.4 is 5.32 Å². The standard InChI is InChI=1S/C12H19N3O2/c1-4-9(2)7-10(3)14-11-5-6-12(13-8-11)15(16)17/h5-6,8-10,14H,4,7H2,1-3H3. The summed E-state index contributed by atoms with van der Waals surface area (Å²) < 4.78 is 0. The number of nitro groups is 1. The van der Waals surface area contributed by atoms with Crippen molar-refractivity contribution in [3.05, 3.63) is 28.4 Å². The van der Waals surface area contributed by atoms with Gasteiger partial charge in [0.05, 0.1) is 5.69 Å². The number of aromatic nitrogens is 1. The van der Waals surface area contributed by atoms with Gasteiger partial charge in [-0.05, 0) is 35.2 Å². The fourth-order valence-electron chi connectivity index (χ4n) is 1.69. The molecule has 2 atom stereocenters. The van der Waals surface area contributed by atoms with Crippen LogP contribution in [0.1, 0.15) is 33.6 Å². The smallest absolute Gasteiger partial charge is 0.363 e. The highest BCUT2D eigenvalue weighted by Gasteiger charge is 2.10. The van der Waals surface area contributed by atoms with E-state index in [9.17, 15) is 10.1 Å². The van der Waals surface area contributed by atoms with Crippen molar-refractivity contribution in [2.75, 3.05) is 5.32 Å². The van der Waals surface area contributed by atoms with Crippen molar-refractivity contribution in [1.29, 1.82) is 0 Å². The van der Waals surface area contributed by atoms with Crippen molar-refractivity contribution < 1.29 is 4.92 Å². The first-order valence-electron chi connectivity index (χ1n) is 5.90. The maximum absolute atomic E-state index is 10.4. The lowest BCUT2D eigenvalue weighted by molar-refractivity contribution is -0.389. The van der Waals surface area contributed by atoms with Crippen molar-refractivity contribution in [1.82, 2.24) is 4.98 Å². The molecule has 0 saturated heterocycles. The summed E-state index contributed by atoms with van der Waals surface area (Å²) in [4.78, 5) is 13.7. The molecule has 1 rings (SSSR count). The number of anilines is 1. The molecule has 0 bridgehead atoms. The SMILES string of the molecule is CCC(C)CC(C)Nc1ccc([N+](=O)[O-])nc1. The van der Waals surface area contributed by atoms with Gasteiger partial charge in [0.25, 0.3) is 0 Å². The largest absolute Gasteiger partial charge is 0.380 e. The summed E-state index contributed by atoms with van der Waals surface area (Å²) in [5.41, 5.74) is 0.825. The van der Waals surface area contributed by atoms with Crippen molar-refractivity contribution in [2.24, 2.45) is 5.92 Å². The summed E-state index contributed by atoms with van der Waals surface area (Å²) in [6.07, 6.45) is 3.74. The molecule has 1 heterocycles. The van der Waals surface area contributed by atoms with Gasteiger partial charge in [-0.15, -0.1) is 0 Å². The maximum Gasteiger partial charge on any atom is 0.363 e. The van der Waals surface area contributed by atoms with Gasteiger partial charge in [-0.25, -0.2) is 0 Å². The molecule has 0 fully saturated rings. The quantitative estimate of drug-likeness (QED) is 0.609. The van der Waals surface area contributed by atoms with Crippen molar-refractivity contribution >= 4 is 11.5 Å².